The van der Waals surface area contributed by atoms with Gasteiger partial charge in [-0.05, 0) is 38.2 Å². The second-order valence-corrected chi connectivity index (χ2v) is 10.0. The molecule has 41 heavy (non-hydrogen) atoms. The monoisotopic (exact) mass is 577 g/mol. The first-order chi connectivity index (χ1) is 19.2. The number of hydrogen-bond donors (Lipinski definition) is 4. The summed E-state index contributed by atoms with van der Waals surface area (Å²) >= 11 is 0. The first-order valence-electron chi connectivity index (χ1n) is 13.0. The van der Waals surface area contributed by atoms with E-state index in [1.165, 1.54) is 27.4 Å². The molecule has 1 amide bonds. The predicted octanol–water partition coefficient (Wildman–Crippen LogP) is 1.72. The number of nitrogens with two attached hydrogens (primary N) is 3. The van der Waals surface area contributed by atoms with Gasteiger partial charge in [-0.15, -0.1) is 0 Å². The number of allylic oxidation sites excluding steroid dienone is 4. The van der Waals surface area contributed by atoms with Crippen LogP contribution >= 0.6 is 0 Å². The molecule has 7 N–H and O–H groups in total. The van der Waals surface area contributed by atoms with Crippen LogP contribution in [-0.4, -0.2) is 74.5 Å². The maximum atomic E-state index is 12.4. The summed E-state index contributed by atoms with van der Waals surface area (Å²) in [5.41, 5.74) is 17.6. The van der Waals surface area contributed by atoms with Crippen molar-refractivity contribution in [3.8, 4) is 0 Å². The van der Waals surface area contributed by atoms with E-state index in [-0.39, 0.29) is 29.3 Å². The Labute approximate surface area is 240 Å². The van der Waals surface area contributed by atoms with Crippen LogP contribution in [0.3, 0.4) is 0 Å². The van der Waals surface area contributed by atoms with Crippen molar-refractivity contribution in [1.29, 1.82) is 0 Å². The number of amides is 1. The molecule has 0 aromatic heterocycles. The first-order valence-corrected chi connectivity index (χ1v) is 13.0. The van der Waals surface area contributed by atoms with Gasteiger partial charge in [0.25, 0.3) is 0 Å². The molecule has 6 atom stereocenters. The zero-order valence-electron chi connectivity index (χ0n) is 24.7. The molecule has 12 heteroatoms. The SMILES string of the molecule is COC(=O)/C(C)=C/C=C\[C@@H](OC)[C@@H](OC(N)=O)/C(C)=C\[C@H](C)[C@@H](O)[C@H](C[C@@H](C)CC1=C(N)C(=O)C=C(N)C1=O)OC. The van der Waals surface area contributed by atoms with Crippen LogP contribution in [0.5, 0.6) is 0 Å². The van der Waals surface area contributed by atoms with Gasteiger partial charge in [-0.1, -0.05) is 38.2 Å². The molecule has 1 aliphatic carbocycles. The lowest BCUT2D eigenvalue weighted by Gasteiger charge is -2.29. The summed E-state index contributed by atoms with van der Waals surface area (Å²) in [7, 11) is 4.16. The van der Waals surface area contributed by atoms with E-state index in [0.29, 0.717) is 17.6 Å². The number of esters is 1. The van der Waals surface area contributed by atoms with Crippen molar-refractivity contribution in [1.82, 2.24) is 0 Å². The molecule has 12 nitrogen and oxygen atoms in total. The lowest BCUT2D eigenvalue weighted by Crippen LogP contribution is -2.37. The number of primary amides is 1. The van der Waals surface area contributed by atoms with Crippen LogP contribution in [0.1, 0.15) is 40.5 Å². The number of aliphatic hydroxyl groups excluding tert-OH is 1. The molecule has 0 saturated carbocycles. The molecular formula is C29H43N3O9. The quantitative estimate of drug-likeness (QED) is 0.0725. The third-order valence-electron chi connectivity index (χ3n) is 6.77. The molecular weight excluding hydrogens is 534 g/mol. The Morgan fingerprint density at radius 1 is 1.07 bits per heavy atom. The zero-order valence-corrected chi connectivity index (χ0v) is 24.7. The smallest absolute Gasteiger partial charge is 0.405 e. The van der Waals surface area contributed by atoms with E-state index in [9.17, 15) is 24.3 Å². The van der Waals surface area contributed by atoms with Gasteiger partial charge >= 0.3 is 12.1 Å². The molecule has 1 rings (SSSR count). The van der Waals surface area contributed by atoms with Gasteiger partial charge in [0.2, 0.25) is 11.6 Å². The minimum atomic E-state index is -1.02. The fourth-order valence-electron chi connectivity index (χ4n) is 4.47. The highest BCUT2D eigenvalue weighted by molar-refractivity contribution is 6.21. The number of hydrogen-bond acceptors (Lipinski definition) is 11. The van der Waals surface area contributed by atoms with Gasteiger partial charge in [-0.2, -0.15) is 0 Å². The van der Waals surface area contributed by atoms with Crippen molar-refractivity contribution >= 4 is 23.6 Å². The van der Waals surface area contributed by atoms with E-state index in [4.69, 9.17) is 31.4 Å². The predicted molar refractivity (Wildman–Crippen MR) is 152 cm³/mol. The standard InChI is InChI=1S/C29H43N3O9/c1-15(11-19-24(31)21(33)14-20(30)26(19)35)12-23(39-6)25(34)17(3)13-18(4)27(41-29(32)37)22(38-5)10-8-9-16(2)28(36)40-7/h8-10,13-15,17,22-23,25,27,34H,11-12,30-31H2,1-7H3,(H2,32,37)/b10-8-,16-9+,18-13-/t15-,17-,22+,23-,25+,27-/m0/s1. The summed E-state index contributed by atoms with van der Waals surface area (Å²) in [6.07, 6.45) is 3.60. The summed E-state index contributed by atoms with van der Waals surface area (Å²) < 4.78 is 21.1. The Kier molecular flexibility index (Phi) is 14.2. The maximum absolute atomic E-state index is 12.4. The third-order valence-corrected chi connectivity index (χ3v) is 6.77. The Morgan fingerprint density at radius 2 is 1.71 bits per heavy atom. The number of ketones is 2. The summed E-state index contributed by atoms with van der Waals surface area (Å²) in [5, 5.41) is 11.1. The van der Waals surface area contributed by atoms with E-state index in [1.54, 1.807) is 39.0 Å². The van der Waals surface area contributed by atoms with Gasteiger partial charge in [-0.3, -0.25) is 9.59 Å². The van der Waals surface area contributed by atoms with Crippen LogP contribution in [-0.2, 0) is 33.3 Å². The number of Topliss-reactive ketones (excluding diaryl/α,β-unsaturated/α-hetero) is 1. The van der Waals surface area contributed by atoms with Gasteiger partial charge < -0.3 is 41.3 Å². The van der Waals surface area contributed by atoms with Gasteiger partial charge in [0.1, 0.15) is 6.10 Å². The Hall–Kier alpha value is -3.74. The number of rotatable bonds is 15. The highest BCUT2D eigenvalue weighted by Gasteiger charge is 2.31. The van der Waals surface area contributed by atoms with Crippen molar-refractivity contribution in [2.45, 2.75) is 65.0 Å². The fourth-order valence-corrected chi connectivity index (χ4v) is 4.47. The number of ether oxygens (including phenoxy) is 4. The molecule has 0 aliphatic heterocycles. The normalized spacial score (nSPS) is 19.4. The van der Waals surface area contributed by atoms with Crippen molar-refractivity contribution in [2.75, 3.05) is 21.3 Å². The van der Waals surface area contributed by atoms with Crippen LogP contribution in [0, 0.1) is 11.8 Å². The van der Waals surface area contributed by atoms with Gasteiger partial charge in [-0.25, -0.2) is 9.59 Å². The van der Waals surface area contributed by atoms with Gasteiger partial charge in [0.05, 0.1) is 30.7 Å². The second-order valence-electron chi connectivity index (χ2n) is 10.0. The van der Waals surface area contributed by atoms with Crippen molar-refractivity contribution < 1.29 is 43.2 Å². The van der Waals surface area contributed by atoms with E-state index in [0.717, 1.165) is 6.08 Å². The van der Waals surface area contributed by atoms with Crippen LogP contribution in [0.4, 0.5) is 4.79 Å². The molecule has 0 bridgehead atoms. The Balaban J connectivity index is 3.08. The van der Waals surface area contributed by atoms with Crippen molar-refractivity contribution in [2.24, 2.45) is 29.0 Å². The lowest BCUT2D eigenvalue weighted by atomic mass is 9.85. The summed E-state index contributed by atoms with van der Waals surface area (Å²) in [4.78, 5) is 47.7. The fraction of sp³-hybridized carbons (Fsp3) is 0.517. The molecule has 0 aromatic rings. The zero-order chi connectivity index (χ0) is 31.4. The lowest BCUT2D eigenvalue weighted by molar-refractivity contribution is -0.136. The van der Waals surface area contributed by atoms with Crippen LogP contribution in [0.15, 0.2) is 58.5 Å². The van der Waals surface area contributed by atoms with E-state index >= 15 is 0 Å². The maximum Gasteiger partial charge on any atom is 0.405 e. The minimum Gasteiger partial charge on any atom is -0.466 e. The number of carbonyl (C=O) groups is 4. The Bertz CT molecular complexity index is 1140. The van der Waals surface area contributed by atoms with Gasteiger partial charge in [0, 0.05) is 37.4 Å². The average Bonchev–Trinajstić information content (AvgIpc) is 2.92. The third kappa shape index (κ3) is 10.3. The summed E-state index contributed by atoms with van der Waals surface area (Å²) in [6.45, 7) is 6.90. The highest BCUT2D eigenvalue weighted by Crippen LogP contribution is 2.27. The average molecular weight is 578 g/mol. The number of aliphatic hydroxyl groups is 1. The Morgan fingerprint density at radius 3 is 2.24 bits per heavy atom. The van der Waals surface area contributed by atoms with Crippen LogP contribution < -0.4 is 17.2 Å². The first kappa shape index (κ1) is 35.3. The molecule has 0 radical (unpaired) electrons. The second kappa shape index (κ2) is 16.5. The van der Waals surface area contributed by atoms with Crippen molar-refractivity contribution in [3.63, 3.8) is 0 Å². The molecule has 0 spiro atoms. The minimum absolute atomic E-state index is 0.129. The van der Waals surface area contributed by atoms with E-state index in [2.05, 4.69) is 4.74 Å². The summed E-state index contributed by atoms with van der Waals surface area (Å²) in [5.74, 6) is -2.15. The van der Waals surface area contributed by atoms with Gasteiger partial charge in [0.15, 0.2) is 6.10 Å². The summed E-state index contributed by atoms with van der Waals surface area (Å²) in [6, 6.07) is 0. The number of carbonyl (C=O) groups excluding carboxylic acids is 4. The largest absolute Gasteiger partial charge is 0.466 e. The molecule has 0 saturated heterocycles. The van der Waals surface area contributed by atoms with Crippen molar-refractivity contribution in [3.05, 3.63) is 58.5 Å². The topological polar surface area (TPSA) is 203 Å². The molecule has 0 aromatic carbocycles. The van der Waals surface area contributed by atoms with E-state index < -0.39 is 54.0 Å². The highest BCUT2D eigenvalue weighted by atomic mass is 16.6. The number of methoxy groups -OCH3 is 3. The van der Waals surface area contributed by atoms with Crippen LogP contribution in [0.2, 0.25) is 0 Å². The molecule has 0 fully saturated rings. The van der Waals surface area contributed by atoms with Crippen LogP contribution in [0.25, 0.3) is 0 Å². The van der Waals surface area contributed by atoms with E-state index in [1.807, 2.05) is 6.92 Å². The molecule has 0 unspecified atom stereocenters. The molecule has 228 valence electrons. The molecule has 1 aliphatic rings. The molecule has 0 heterocycles.